The second-order valence-electron chi connectivity index (χ2n) is 8.47. The summed E-state index contributed by atoms with van der Waals surface area (Å²) in [6.45, 7) is 2.20. The summed E-state index contributed by atoms with van der Waals surface area (Å²) < 4.78 is 2.05. The molecule has 1 amide bonds. The number of rotatable bonds is 5. The minimum Gasteiger partial charge on any atom is -0.366 e. The third kappa shape index (κ3) is 2.87. The zero-order valence-corrected chi connectivity index (χ0v) is 16.5. The number of para-hydroxylation sites is 1. The van der Waals surface area contributed by atoms with E-state index in [0.717, 1.165) is 35.7 Å². The van der Waals surface area contributed by atoms with Crippen LogP contribution >= 0.6 is 0 Å². The first-order valence-corrected chi connectivity index (χ1v) is 10.5. The van der Waals surface area contributed by atoms with E-state index in [-0.39, 0.29) is 11.3 Å². The lowest BCUT2D eigenvalue weighted by atomic mass is 9.84. The molecule has 3 aromatic rings. The zero-order chi connectivity index (χ0) is 20.1. The average molecular weight is 387 g/mol. The van der Waals surface area contributed by atoms with Gasteiger partial charge in [-0.25, -0.2) is 0 Å². The SMILES string of the molecule is CC[C@H](c1ccccc1C(N)=O)C1[C@H]2CC(n3ncc(=O)c4ccccc43)C[C@H]12. The number of primary amides is 1. The maximum absolute atomic E-state index is 12.1. The zero-order valence-electron chi connectivity index (χ0n) is 16.5. The van der Waals surface area contributed by atoms with Crippen LogP contribution in [0.3, 0.4) is 0 Å². The molecule has 2 fully saturated rings. The molecule has 2 aromatic carbocycles. The number of nitrogens with two attached hydrogens (primary N) is 1. The Balaban J connectivity index is 1.40. The van der Waals surface area contributed by atoms with Crippen LogP contribution < -0.4 is 11.2 Å². The van der Waals surface area contributed by atoms with Gasteiger partial charge in [-0.05, 0) is 66.7 Å². The van der Waals surface area contributed by atoms with Crippen LogP contribution in [0.25, 0.3) is 10.9 Å². The molecule has 2 aliphatic carbocycles. The smallest absolute Gasteiger partial charge is 0.248 e. The number of hydrogen-bond acceptors (Lipinski definition) is 3. The van der Waals surface area contributed by atoms with Crippen LogP contribution in [0.5, 0.6) is 0 Å². The third-order valence-electron chi connectivity index (χ3n) is 7.08. The number of aromatic nitrogens is 2. The summed E-state index contributed by atoms with van der Waals surface area (Å²) in [7, 11) is 0. The topological polar surface area (TPSA) is 78.0 Å². The molecule has 1 aromatic heterocycles. The van der Waals surface area contributed by atoms with Gasteiger partial charge in [-0.2, -0.15) is 5.10 Å². The van der Waals surface area contributed by atoms with Gasteiger partial charge in [0.05, 0.1) is 17.8 Å². The summed E-state index contributed by atoms with van der Waals surface area (Å²) in [5, 5.41) is 5.21. The first-order chi connectivity index (χ1) is 14.1. The van der Waals surface area contributed by atoms with E-state index in [1.807, 2.05) is 42.5 Å². The van der Waals surface area contributed by atoms with Crippen LogP contribution in [0, 0.1) is 17.8 Å². The molecule has 0 unspecified atom stereocenters. The second kappa shape index (κ2) is 6.83. The van der Waals surface area contributed by atoms with Crippen molar-refractivity contribution in [1.29, 1.82) is 0 Å². The number of fused-ring (bicyclic) bond motifs is 2. The molecule has 1 heterocycles. The molecule has 0 radical (unpaired) electrons. The second-order valence-corrected chi connectivity index (χ2v) is 8.47. The molecular weight excluding hydrogens is 362 g/mol. The first-order valence-electron chi connectivity index (χ1n) is 10.5. The summed E-state index contributed by atoms with van der Waals surface area (Å²) in [5.41, 5.74) is 8.30. The lowest BCUT2D eigenvalue weighted by Crippen LogP contribution is -2.19. The molecule has 5 nitrogen and oxygen atoms in total. The number of hydrogen-bond donors (Lipinski definition) is 1. The Kier molecular flexibility index (Phi) is 4.26. The van der Waals surface area contributed by atoms with Gasteiger partial charge in [0, 0.05) is 10.9 Å². The van der Waals surface area contributed by atoms with Crippen LogP contribution in [0.15, 0.2) is 59.5 Å². The van der Waals surface area contributed by atoms with Crippen molar-refractivity contribution in [2.45, 2.75) is 38.1 Å². The van der Waals surface area contributed by atoms with Crippen LogP contribution in [-0.2, 0) is 0 Å². The number of benzene rings is 2. The fraction of sp³-hybridized carbons (Fsp3) is 0.375. The highest BCUT2D eigenvalue weighted by molar-refractivity contribution is 5.94. The standard InChI is InChI=1S/C24H25N3O2/c1-2-15(16-7-3-4-8-17(16)24(25)29)23-19-11-14(12-20(19)23)27-21-10-6-5-9-18(21)22(28)13-26-27/h3-10,13-15,19-20,23H,2,11-12H2,1H3,(H2,25,29)/t14?,15-,19+,20+,23?/m1/s1. The molecule has 0 bridgehead atoms. The normalized spacial score (nSPS) is 24.4. The minimum atomic E-state index is -0.341. The quantitative estimate of drug-likeness (QED) is 0.721. The van der Waals surface area contributed by atoms with Gasteiger partial charge in [0.25, 0.3) is 0 Å². The summed E-state index contributed by atoms with van der Waals surface area (Å²) in [6, 6.07) is 15.9. The monoisotopic (exact) mass is 387 g/mol. The van der Waals surface area contributed by atoms with Crippen LogP contribution in [0.2, 0.25) is 0 Å². The van der Waals surface area contributed by atoms with Crippen molar-refractivity contribution in [2.75, 3.05) is 0 Å². The van der Waals surface area contributed by atoms with Gasteiger partial charge in [-0.1, -0.05) is 37.3 Å². The third-order valence-corrected chi connectivity index (χ3v) is 7.08. The Morgan fingerprint density at radius 1 is 1.14 bits per heavy atom. The molecule has 2 saturated carbocycles. The van der Waals surface area contributed by atoms with Crippen molar-refractivity contribution in [3.05, 3.63) is 76.1 Å². The van der Waals surface area contributed by atoms with Crippen molar-refractivity contribution in [3.63, 3.8) is 0 Å². The van der Waals surface area contributed by atoms with Crippen molar-refractivity contribution in [2.24, 2.45) is 23.5 Å². The highest BCUT2D eigenvalue weighted by atomic mass is 16.1. The summed E-state index contributed by atoms with van der Waals surface area (Å²) in [6.07, 6.45) is 4.60. The lowest BCUT2D eigenvalue weighted by Gasteiger charge is -2.23. The van der Waals surface area contributed by atoms with E-state index < -0.39 is 0 Å². The Labute approximate surface area is 169 Å². The summed E-state index contributed by atoms with van der Waals surface area (Å²) >= 11 is 0. The maximum Gasteiger partial charge on any atom is 0.248 e. The van der Waals surface area contributed by atoms with Gasteiger partial charge in [0.15, 0.2) is 0 Å². The highest BCUT2D eigenvalue weighted by Gasteiger charge is 2.59. The van der Waals surface area contributed by atoms with Gasteiger partial charge >= 0.3 is 0 Å². The van der Waals surface area contributed by atoms with Crippen molar-refractivity contribution < 1.29 is 4.79 Å². The molecule has 29 heavy (non-hydrogen) atoms. The average Bonchev–Trinajstić information content (AvgIpc) is 3.21. The Bertz CT molecular complexity index is 1140. The van der Waals surface area contributed by atoms with E-state index in [1.54, 1.807) is 0 Å². The Morgan fingerprint density at radius 2 is 1.83 bits per heavy atom. The fourth-order valence-electron chi connectivity index (χ4n) is 5.82. The van der Waals surface area contributed by atoms with E-state index in [9.17, 15) is 9.59 Å². The van der Waals surface area contributed by atoms with E-state index in [2.05, 4.69) is 22.8 Å². The molecule has 0 saturated heterocycles. The summed E-state index contributed by atoms with van der Waals surface area (Å²) in [5.74, 6) is 1.92. The van der Waals surface area contributed by atoms with E-state index >= 15 is 0 Å². The molecule has 5 heteroatoms. The molecular formula is C24H25N3O2. The van der Waals surface area contributed by atoms with E-state index in [0.29, 0.717) is 35.3 Å². The van der Waals surface area contributed by atoms with Crippen LogP contribution in [0.4, 0.5) is 0 Å². The number of nitrogens with zero attached hydrogens (tertiary/aromatic N) is 2. The number of carbonyl (C=O) groups is 1. The Hall–Kier alpha value is -2.95. The van der Waals surface area contributed by atoms with Crippen LogP contribution in [0.1, 0.15) is 54.1 Å². The number of amides is 1. The predicted octanol–water partition coefficient (Wildman–Crippen LogP) is 3.89. The first kappa shape index (κ1) is 18.1. The van der Waals surface area contributed by atoms with Gasteiger partial charge in [0.2, 0.25) is 11.3 Å². The molecule has 2 N–H and O–H groups in total. The van der Waals surface area contributed by atoms with E-state index in [4.69, 9.17) is 5.73 Å². The molecule has 2 aliphatic rings. The molecule has 0 aliphatic heterocycles. The molecule has 148 valence electrons. The molecule has 0 spiro atoms. The lowest BCUT2D eigenvalue weighted by molar-refractivity contribution is 0.0998. The largest absolute Gasteiger partial charge is 0.366 e. The van der Waals surface area contributed by atoms with Crippen molar-refractivity contribution >= 4 is 16.8 Å². The summed E-state index contributed by atoms with van der Waals surface area (Å²) in [4.78, 5) is 24.0. The van der Waals surface area contributed by atoms with Crippen molar-refractivity contribution in [3.8, 4) is 0 Å². The maximum atomic E-state index is 12.1. The van der Waals surface area contributed by atoms with Crippen LogP contribution in [-0.4, -0.2) is 15.7 Å². The van der Waals surface area contributed by atoms with Crippen molar-refractivity contribution in [1.82, 2.24) is 9.78 Å². The van der Waals surface area contributed by atoms with Gasteiger partial charge in [0.1, 0.15) is 0 Å². The molecule has 3 atom stereocenters. The predicted molar refractivity (Wildman–Crippen MR) is 113 cm³/mol. The van der Waals surface area contributed by atoms with Gasteiger partial charge in [-0.3, -0.25) is 14.3 Å². The fourth-order valence-corrected chi connectivity index (χ4v) is 5.82. The van der Waals surface area contributed by atoms with Gasteiger partial charge < -0.3 is 5.73 Å². The highest BCUT2D eigenvalue weighted by Crippen LogP contribution is 2.66. The molecule has 5 rings (SSSR count). The Morgan fingerprint density at radius 3 is 2.55 bits per heavy atom. The van der Waals surface area contributed by atoms with E-state index in [1.165, 1.54) is 6.20 Å². The minimum absolute atomic E-state index is 0.0213. The van der Waals surface area contributed by atoms with Gasteiger partial charge in [-0.15, -0.1) is 0 Å². The number of carbonyl (C=O) groups excluding carboxylic acids is 1.